The van der Waals surface area contributed by atoms with E-state index in [0.29, 0.717) is 39.0 Å². The SMILES string of the molecule is CCOc1nc(Oc2ccc(F)c(F)c2)c(-c2ccc(Cl)cc2)c(-c2ccc(C)cc2Cl)n1. The van der Waals surface area contributed by atoms with Crippen LogP contribution in [0.25, 0.3) is 22.4 Å². The number of nitrogens with zero attached hydrogens (tertiary/aromatic N) is 2. The molecule has 33 heavy (non-hydrogen) atoms. The van der Waals surface area contributed by atoms with Gasteiger partial charge < -0.3 is 9.47 Å². The van der Waals surface area contributed by atoms with Crippen LogP contribution in [0, 0.1) is 18.6 Å². The highest BCUT2D eigenvalue weighted by Gasteiger charge is 2.22. The number of hydrogen-bond acceptors (Lipinski definition) is 4. The molecule has 1 aromatic heterocycles. The van der Waals surface area contributed by atoms with Crippen LogP contribution < -0.4 is 9.47 Å². The van der Waals surface area contributed by atoms with Crippen molar-refractivity contribution in [3.63, 3.8) is 0 Å². The lowest BCUT2D eigenvalue weighted by Crippen LogP contribution is -2.04. The first-order valence-corrected chi connectivity index (χ1v) is 10.8. The maximum absolute atomic E-state index is 13.8. The summed E-state index contributed by atoms with van der Waals surface area (Å²) in [6.07, 6.45) is 0. The molecule has 0 saturated heterocycles. The maximum atomic E-state index is 13.8. The van der Waals surface area contributed by atoms with Crippen molar-refractivity contribution in [3.05, 3.63) is 87.9 Å². The average molecular weight is 487 g/mol. The largest absolute Gasteiger partial charge is 0.464 e. The van der Waals surface area contributed by atoms with E-state index in [1.165, 1.54) is 6.07 Å². The first-order chi connectivity index (χ1) is 15.9. The number of aryl methyl sites for hydroxylation is 1. The Labute approximate surface area is 199 Å². The Morgan fingerprint density at radius 3 is 2.30 bits per heavy atom. The molecule has 3 aromatic carbocycles. The van der Waals surface area contributed by atoms with E-state index in [-0.39, 0.29) is 17.6 Å². The minimum absolute atomic E-state index is 0.0550. The molecule has 0 aliphatic rings. The summed E-state index contributed by atoms with van der Waals surface area (Å²) in [4.78, 5) is 8.99. The van der Waals surface area contributed by atoms with Gasteiger partial charge in [0.15, 0.2) is 11.6 Å². The summed E-state index contributed by atoms with van der Waals surface area (Å²) in [5, 5.41) is 1.02. The van der Waals surface area contributed by atoms with Crippen molar-refractivity contribution in [1.29, 1.82) is 0 Å². The van der Waals surface area contributed by atoms with E-state index in [2.05, 4.69) is 9.97 Å². The zero-order chi connectivity index (χ0) is 23.5. The first kappa shape index (κ1) is 23.0. The molecule has 0 radical (unpaired) electrons. The van der Waals surface area contributed by atoms with Gasteiger partial charge in [0.25, 0.3) is 0 Å². The molecule has 0 amide bonds. The second kappa shape index (κ2) is 9.73. The highest BCUT2D eigenvalue weighted by molar-refractivity contribution is 6.33. The summed E-state index contributed by atoms with van der Waals surface area (Å²) in [6.45, 7) is 4.04. The van der Waals surface area contributed by atoms with Crippen LogP contribution in [0.5, 0.6) is 17.6 Å². The molecule has 0 N–H and O–H groups in total. The van der Waals surface area contributed by atoms with Crippen molar-refractivity contribution < 1.29 is 18.3 Å². The van der Waals surface area contributed by atoms with Crippen molar-refractivity contribution in [2.24, 2.45) is 0 Å². The van der Waals surface area contributed by atoms with E-state index < -0.39 is 11.6 Å². The van der Waals surface area contributed by atoms with Gasteiger partial charge in [0.05, 0.1) is 22.9 Å². The van der Waals surface area contributed by atoms with Gasteiger partial charge in [-0.25, -0.2) is 8.78 Å². The third-order valence-corrected chi connectivity index (χ3v) is 5.31. The minimum atomic E-state index is -1.04. The lowest BCUT2D eigenvalue weighted by Gasteiger charge is -2.17. The molecule has 4 rings (SSSR count). The molecule has 0 spiro atoms. The molecule has 0 bridgehead atoms. The van der Waals surface area contributed by atoms with Crippen LogP contribution in [0.1, 0.15) is 12.5 Å². The van der Waals surface area contributed by atoms with Gasteiger partial charge in [0, 0.05) is 16.7 Å². The molecule has 0 atom stereocenters. The Hall–Kier alpha value is -3.22. The molecule has 0 unspecified atom stereocenters. The van der Waals surface area contributed by atoms with Crippen LogP contribution in [-0.2, 0) is 0 Å². The Balaban J connectivity index is 1.99. The molecule has 168 valence electrons. The third-order valence-electron chi connectivity index (χ3n) is 4.75. The van der Waals surface area contributed by atoms with E-state index in [1.54, 1.807) is 31.2 Å². The highest BCUT2D eigenvalue weighted by atomic mass is 35.5. The number of ether oxygens (including phenoxy) is 2. The summed E-state index contributed by atoms with van der Waals surface area (Å²) >= 11 is 12.7. The second-order valence-electron chi connectivity index (χ2n) is 7.14. The third kappa shape index (κ3) is 5.07. The topological polar surface area (TPSA) is 44.2 Å². The van der Waals surface area contributed by atoms with Crippen molar-refractivity contribution >= 4 is 23.2 Å². The molecule has 1 heterocycles. The normalized spacial score (nSPS) is 10.8. The van der Waals surface area contributed by atoms with Gasteiger partial charge in [-0.1, -0.05) is 47.5 Å². The lowest BCUT2D eigenvalue weighted by atomic mass is 9.99. The number of rotatable bonds is 6. The molecule has 0 aliphatic carbocycles. The molecular weight excluding hydrogens is 469 g/mol. The Bertz CT molecular complexity index is 1310. The fraction of sp³-hybridized carbons (Fsp3) is 0.120. The van der Waals surface area contributed by atoms with Crippen LogP contribution in [0.15, 0.2) is 60.7 Å². The van der Waals surface area contributed by atoms with Crippen molar-refractivity contribution in [2.75, 3.05) is 6.61 Å². The monoisotopic (exact) mass is 486 g/mol. The zero-order valence-corrected chi connectivity index (χ0v) is 19.2. The maximum Gasteiger partial charge on any atom is 0.320 e. The summed E-state index contributed by atoms with van der Waals surface area (Å²) < 4.78 is 38.8. The van der Waals surface area contributed by atoms with Gasteiger partial charge in [0.1, 0.15) is 5.75 Å². The quantitative estimate of drug-likeness (QED) is 0.277. The van der Waals surface area contributed by atoms with E-state index in [4.69, 9.17) is 32.7 Å². The van der Waals surface area contributed by atoms with Crippen LogP contribution in [0.2, 0.25) is 10.0 Å². The molecule has 8 heteroatoms. The number of hydrogen-bond donors (Lipinski definition) is 0. The van der Waals surface area contributed by atoms with Gasteiger partial charge in [-0.3, -0.25) is 0 Å². The smallest absolute Gasteiger partial charge is 0.320 e. The number of benzene rings is 3. The van der Waals surface area contributed by atoms with Crippen molar-refractivity contribution in [1.82, 2.24) is 9.97 Å². The van der Waals surface area contributed by atoms with Gasteiger partial charge in [-0.15, -0.1) is 0 Å². The van der Waals surface area contributed by atoms with Crippen molar-refractivity contribution in [2.45, 2.75) is 13.8 Å². The van der Waals surface area contributed by atoms with Crippen LogP contribution >= 0.6 is 23.2 Å². The van der Waals surface area contributed by atoms with Crippen LogP contribution in [0.3, 0.4) is 0 Å². The predicted octanol–water partition coefficient (Wildman–Crippen LogP) is 7.90. The summed E-state index contributed by atoms with van der Waals surface area (Å²) in [7, 11) is 0. The second-order valence-corrected chi connectivity index (χ2v) is 7.98. The van der Waals surface area contributed by atoms with Crippen LogP contribution in [0.4, 0.5) is 8.78 Å². The summed E-state index contributed by atoms with van der Waals surface area (Å²) in [6, 6.07) is 15.9. The Morgan fingerprint density at radius 2 is 1.64 bits per heavy atom. The number of halogens is 4. The lowest BCUT2D eigenvalue weighted by molar-refractivity contribution is 0.307. The first-order valence-electron chi connectivity index (χ1n) is 10.1. The van der Waals surface area contributed by atoms with Gasteiger partial charge >= 0.3 is 6.01 Å². The summed E-state index contributed by atoms with van der Waals surface area (Å²) in [5.41, 5.74) is 3.25. The van der Waals surface area contributed by atoms with E-state index >= 15 is 0 Å². The van der Waals surface area contributed by atoms with Gasteiger partial charge in [0.2, 0.25) is 5.88 Å². The van der Waals surface area contributed by atoms with Gasteiger partial charge in [-0.2, -0.15) is 9.97 Å². The summed E-state index contributed by atoms with van der Waals surface area (Å²) in [5.74, 6) is -1.87. The molecule has 0 saturated carbocycles. The average Bonchev–Trinajstić information content (AvgIpc) is 2.77. The molecule has 0 fully saturated rings. The fourth-order valence-electron chi connectivity index (χ4n) is 3.22. The number of aromatic nitrogens is 2. The van der Waals surface area contributed by atoms with E-state index in [1.807, 2.05) is 25.1 Å². The molecular formula is C25H18Cl2F2N2O2. The zero-order valence-electron chi connectivity index (χ0n) is 17.7. The highest BCUT2D eigenvalue weighted by Crippen LogP contribution is 2.42. The predicted molar refractivity (Wildman–Crippen MR) is 125 cm³/mol. The standard InChI is InChI=1S/C25H18Cl2F2N2O2/c1-3-32-25-30-23(18-10-4-14(2)12-19(18)27)22(15-5-7-16(26)8-6-15)24(31-25)33-17-9-11-20(28)21(29)13-17/h4-13H,3H2,1-2H3. The van der Waals surface area contributed by atoms with Crippen LogP contribution in [-0.4, -0.2) is 16.6 Å². The fourth-order valence-corrected chi connectivity index (χ4v) is 3.67. The molecule has 0 aliphatic heterocycles. The molecule has 4 aromatic rings. The van der Waals surface area contributed by atoms with E-state index in [9.17, 15) is 8.78 Å². The minimum Gasteiger partial charge on any atom is -0.464 e. The molecule has 4 nitrogen and oxygen atoms in total. The van der Waals surface area contributed by atoms with Gasteiger partial charge in [-0.05, 0) is 55.3 Å². The van der Waals surface area contributed by atoms with E-state index in [0.717, 1.165) is 17.7 Å². The Morgan fingerprint density at radius 1 is 0.879 bits per heavy atom. The van der Waals surface area contributed by atoms with Crippen molar-refractivity contribution in [3.8, 4) is 40.0 Å². The Kier molecular flexibility index (Phi) is 6.77.